The summed E-state index contributed by atoms with van der Waals surface area (Å²) in [7, 11) is 0. The van der Waals surface area contributed by atoms with Crippen LogP contribution < -0.4 is 10.5 Å². The number of aromatic nitrogens is 3. The lowest BCUT2D eigenvalue weighted by atomic mass is 10.0. The molecule has 6 rings (SSSR count). The van der Waals surface area contributed by atoms with Crippen LogP contribution in [-0.2, 0) is 4.74 Å². The number of anilines is 1. The average molecular weight is 476 g/mol. The van der Waals surface area contributed by atoms with E-state index < -0.39 is 0 Å². The van der Waals surface area contributed by atoms with Crippen LogP contribution in [0.15, 0.2) is 65.8 Å². The van der Waals surface area contributed by atoms with Crippen molar-refractivity contribution in [2.45, 2.75) is 6.04 Å². The Morgan fingerprint density at radius 2 is 1.94 bits per heavy atom. The molecule has 0 aliphatic carbocycles. The van der Waals surface area contributed by atoms with Crippen LogP contribution in [0.2, 0.25) is 5.02 Å². The van der Waals surface area contributed by atoms with Crippen LogP contribution in [0.25, 0.3) is 22.2 Å². The number of fused-ring (bicyclic) bond motifs is 1. The number of halogens is 1. The minimum atomic E-state index is -0.0830. The number of rotatable bonds is 6. The Morgan fingerprint density at radius 1 is 1.09 bits per heavy atom. The topological polar surface area (TPSA) is 66.2 Å². The number of pyridine rings is 2. The summed E-state index contributed by atoms with van der Waals surface area (Å²) in [5.74, 6) is 0. The molecule has 0 radical (unpaired) electrons. The molecule has 1 aromatic carbocycles. The molecule has 1 atom stereocenters. The van der Waals surface area contributed by atoms with Crippen molar-refractivity contribution in [2.24, 2.45) is 0 Å². The van der Waals surface area contributed by atoms with E-state index in [0.29, 0.717) is 5.02 Å². The molecule has 2 saturated heterocycles. The van der Waals surface area contributed by atoms with E-state index in [9.17, 15) is 4.79 Å². The van der Waals surface area contributed by atoms with Gasteiger partial charge in [0.2, 0.25) is 0 Å². The van der Waals surface area contributed by atoms with Gasteiger partial charge in [-0.3, -0.25) is 9.69 Å². The normalized spacial score (nSPS) is 17.3. The van der Waals surface area contributed by atoms with Gasteiger partial charge in [-0.25, -0.2) is 4.98 Å². The highest BCUT2D eigenvalue weighted by Crippen LogP contribution is 2.31. The highest BCUT2D eigenvalue weighted by molar-refractivity contribution is 6.30. The number of ether oxygens (including phenoxy) is 1. The summed E-state index contributed by atoms with van der Waals surface area (Å²) in [5.41, 5.74) is 4.76. The van der Waals surface area contributed by atoms with Gasteiger partial charge >= 0.3 is 0 Å². The van der Waals surface area contributed by atoms with Crippen LogP contribution >= 0.6 is 11.6 Å². The molecule has 2 aliphatic heterocycles. The number of nitrogens with one attached hydrogen (secondary N) is 1. The Bertz CT molecular complexity index is 1390. The fourth-order valence-corrected chi connectivity index (χ4v) is 4.90. The standard InChI is InChI=1S/C26H26ClN5O2/c27-20-3-1-2-19(12-20)24(17-30-6-7-30)32-5-4-18(13-25(32)33)23-16-29-26-22(23)14-21(15-28-26)31-8-10-34-11-9-31/h1-5,12-16,24H,6-11,17H2,(H,28,29)/t24-/m1/s1. The van der Waals surface area contributed by atoms with Crippen LogP contribution in [0, 0.1) is 0 Å². The first kappa shape index (κ1) is 21.4. The van der Waals surface area contributed by atoms with Crippen molar-refractivity contribution in [1.29, 1.82) is 0 Å². The molecule has 1 N–H and O–H groups in total. The Balaban J connectivity index is 1.36. The van der Waals surface area contributed by atoms with Gasteiger partial charge in [0.25, 0.3) is 5.56 Å². The summed E-state index contributed by atoms with van der Waals surface area (Å²) >= 11 is 6.26. The maximum absolute atomic E-state index is 13.4. The van der Waals surface area contributed by atoms with Crippen molar-refractivity contribution in [3.63, 3.8) is 0 Å². The van der Waals surface area contributed by atoms with Crippen molar-refractivity contribution in [3.8, 4) is 11.1 Å². The molecule has 4 aromatic rings. The maximum Gasteiger partial charge on any atom is 0.251 e. The van der Waals surface area contributed by atoms with E-state index in [-0.39, 0.29) is 11.6 Å². The van der Waals surface area contributed by atoms with Crippen molar-refractivity contribution in [1.82, 2.24) is 19.4 Å². The first-order valence-electron chi connectivity index (χ1n) is 11.7. The van der Waals surface area contributed by atoms with Crippen LogP contribution in [0.1, 0.15) is 11.6 Å². The second-order valence-electron chi connectivity index (χ2n) is 8.92. The second-order valence-corrected chi connectivity index (χ2v) is 9.36. The Kier molecular flexibility index (Phi) is 5.61. The molecule has 8 heteroatoms. The van der Waals surface area contributed by atoms with Gasteiger partial charge in [0.05, 0.1) is 31.1 Å². The number of hydrogen-bond donors (Lipinski definition) is 1. The lowest BCUT2D eigenvalue weighted by Gasteiger charge is -2.28. The van der Waals surface area contributed by atoms with E-state index in [1.165, 1.54) is 0 Å². The first-order chi connectivity index (χ1) is 16.7. The summed E-state index contributed by atoms with van der Waals surface area (Å²) in [4.78, 5) is 25.8. The molecule has 0 amide bonds. The van der Waals surface area contributed by atoms with Gasteiger partial charge < -0.3 is 19.2 Å². The van der Waals surface area contributed by atoms with Gasteiger partial charge in [0.1, 0.15) is 5.65 Å². The minimum Gasteiger partial charge on any atom is -0.378 e. The molecule has 0 bridgehead atoms. The maximum atomic E-state index is 13.4. The van der Waals surface area contributed by atoms with Gasteiger partial charge in [-0.2, -0.15) is 0 Å². The molecule has 2 fully saturated rings. The molecular weight excluding hydrogens is 450 g/mol. The third-order valence-electron chi connectivity index (χ3n) is 6.69. The lowest BCUT2D eigenvalue weighted by Crippen LogP contribution is -2.36. The predicted octanol–water partition coefficient (Wildman–Crippen LogP) is 3.79. The summed E-state index contributed by atoms with van der Waals surface area (Å²) < 4.78 is 7.30. The number of hydrogen-bond acceptors (Lipinski definition) is 5. The lowest BCUT2D eigenvalue weighted by molar-refractivity contribution is 0.122. The number of aromatic amines is 1. The molecule has 174 valence electrons. The van der Waals surface area contributed by atoms with Gasteiger partial charge in [-0.15, -0.1) is 0 Å². The molecule has 34 heavy (non-hydrogen) atoms. The quantitative estimate of drug-likeness (QED) is 0.430. The fraction of sp³-hybridized carbons (Fsp3) is 0.308. The summed E-state index contributed by atoms with van der Waals surface area (Å²) in [6.07, 6.45) is 5.74. The average Bonchev–Trinajstić information content (AvgIpc) is 3.59. The summed E-state index contributed by atoms with van der Waals surface area (Å²) in [6.45, 7) is 6.08. The van der Waals surface area contributed by atoms with Gasteiger partial charge in [-0.05, 0) is 35.4 Å². The van der Waals surface area contributed by atoms with E-state index in [1.54, 1.807) is 6.07 Å². The van der Waals surface area contributed by atoms with Crippen LogP contribution in [0.5, 0.6) is 0 Å². The van der Waals surface area contributed by atoms with E-state index in [2.05, 4.69) is 25.8 Å². The second kappa shape index (κ2) is 8.91. The van der Waals surface area contributed by atoms with E-state index in [4.69, 9.17) is 16.3 Å². The Morgan fingerprint density at radius 3 is 2.71 bits per heavy atom. The van der Waals surface area contributed by atoms with Crippen molar-refractivity contribution in [2.75, 3.05) is 50.8 Å². The smallest absolute Gasteiger partial charge is 0.251 e. The van der Waals surface area contributed by atoms with Gasteiger partial charge in [0, 0.05) is 67.2 Å². The van der Waals surface area contributed by atoms with Crippen molar-refractivity contribution >= 4 is 28.3 Å². The monoisotopic (exact) mass is 475 g/mol. The van der Waals surface area contributed by atoms with Gasteiger partial charge in [-0.1, -0.05) is 23.7 Å². The van der Waals surface area contributed by atoms with E-state index in [1.807, 2.05) is 53.5 Å². The Hall–Kier alpha value is -3.13. The zero-order valence-electron chi connectivity index (χ0n) is 18.8. The highest BCUT2D eigenvalue weighted by atomic mass is 35.5. The summed E-state index contributed by atoms with van der Waals surface area (Å²) in [5, 5.41) is 1.69. The third kappa shape index (κ3) is 4.22. The molecule has 2 aliphatic rings. The molecule has 7 nitrogen and oxygen atoms in total. The molecule has 5 heterocycles. The fourth-order valence-electron chi connectivity index (χ4n) is 4.71. The highest BCUT2D eigenvalue weighted by Gasteiger charge is 2.25. The van der Waals surface area contributed by atoms with Crippen molar-refractivity contribution < 1.29 is 4.74 Å². The number of H-pyrrole nitrogens is 1. The summed E-state index contributed by atoms with van der Waals surface area (Å²) in [6, 6.07) is 13.6. The number of morpholine rings is 1. The van der Waals surface area contributed by atoms with E-state index >= 15 is 0 Å². The number of nitrogens with zero attached hydrogens (tertiary/aromatic N) is 4. The van der Waals surface area contributed by atoms with Crippen LogP contribution in [0.3, 0.4) is 0 Å². The minimum absolute atomic E-state index is 0.0315. The molecule has 0 saturated carbocycles. The zero-order chi connectivity index (χ0) is 23.1. The SMILES string of the molecule is O=c1cc(-c2c[nH]c3ncc(N4CCOCC4)cc23)ccn1[C@H](CN1CC1)c1cccc(Cl)c1. The third-order valence-corrected chi connectivity index (χ3v) is 6.93. The molecule has 0 unspecified atom stereocenters. The molecule has 0 spiro atoms. The number of benzene rings is 1. The largest absolute Gasteiger partial charge is 0.378 e. The van der Waals surface area contributed by atoms with Gasteiger partial charge in [0.15, 0.2) is 0 Å². The molecular formula is C26H26ClN5O2. The van der Waals surface area contributed by atoms with Crippen molar-refractivity contribution in [3.05, 3.63) is 82.0 Å². The molecule has 3 aromatic heterocycles. The van der Waals surface area contributed by atoms with Crippen LogP contribution in [0.4, 0.5) is 5.69 Å². The van der Waals surface area contributed by atoms with E-state index in [0.717, 1.165) is 79.3 Å². The zero-order valence-corrected chi connectivity index (χ0v) is 19.5. The predicted molar refractivity (Wildman–Crippen MR) is 135 cm³/mol. The first-order valence-corrected chi connectivity index (χ1v) is 12.0. The Labute approximate surface area is 202 Å². The van der Waals surface area contributed by atoms with Crippen LogP contribution in [-0.4, -0.2) is 65.4 Å².